The summed E-state index contributed by atoms with van der Waals surface area (Å²) in [5.74, 6) is 3.52. The van der Waals surface area contributed by atoms with Gasteiger partial charge in [-0.1, -0.05) is 26.0 Å². The van der Waals surface area contributed by atoms with Crippen molar-refractivity contribution < 1.29 is 9.47 Å². The van der Waals surface area contributed by atoms with E-state index < -0.39 is 5.60 Å². The normalized spacial score (nSPS) is 21.2. The van der Waals surface area contributed by atoms with Crippen molar-refractivity contribution in [3.8, 4) is 5.95 Å². The van der Waals surface area contributed by atoms with Gasteiger partial charge in [-0.25, -0.2) is 9.97 Å². The Morgan fingerprint density at radius 2 is 1.74 bits per heavy atom. The Labute approximate surface area is 230 Å². The molecule has 1 atom stereocenters. The third-order valence-corrected chi connectivity index (χ3v) is 8.32. The standard InChI is InChI=1S/C29H40N8O2/c1-19(2)24-30-21-10-7-8-11-22(21)37(24)28-32-25-23(26(33-28)35-14-16-39-17-15-35)31-27(34(25)5)29(38-6)12-9-13-36(18-29)20(3)4/h7-8,10-11,19-20H,9,12-18H2,1-6H3. The van der Waals surface area contributed by atoms with Gasteiger partial charge in [0.2, 0.25) is 5.95 Å². The molecule has 0 bridgehead atoms. The molecule has 2 fully saturated rings. The smallest absolute Gasteiger partial charge is 0.239 e. The zero-order valence-corrected chi connectivity index (χ0v) is 24.0. The van der Waals surface area contributed by atoms with E-state index in [1.165, 1.54) is 0 Å². The lowest BCUT2D eigenvalue weighted by atomic mass is 9.90. The van der Waals surface area contributed by atoms with Crippen LogP contribution in [0.25, 0.3) is 28.1 Å². The van der Waals surface area contributed by atoms with E-state index in [0.29, 0.717) is 25.2 Å². The van der Waals surface area contributed by atoms with Crippen LogP contribution in [0.5, 0.6) is 0 Å². The van der Waals surface area contributed by atoms with Crippen LogP contribution in [-0.2, 0) is 22.1 Å². The summed E-state index contributed by atoms with van der Waals surface area (Å²) < 4.78 is 16.3. The Bertz CT molecular complexity index is 1490. The van der Waals surface area contributed by atoms with Crippen LogP contribution in [0.15, 0.2) is 24.3 Å². The molecule has 0 saturated carbocycles. The second-order valence-corrected chi connectivity index (χ2v) is 11.4. The highest BCUT2D eigenvalue weighted by Gasteiger charge is 2.42. The highest BCUT2D eigenvalue weighted by Crippen LogP contribution is 2.38. The molecule has 10 nitrogen and oxygen atoms in total. The molecule has 10 heteroatoms. The zero-order valence-electron chi connectivity index (χ0n) is 24.0. The number of hydrogen-bond acceptors (Lipinski definition) is 8. The molecular formula is C29H40N8O2. The summed E-state index contributed by atoms with van der Waals surface area (Å²) >= 11 is 0. The maximum absolute atomic E-state index is 6.33. The molecule has 5 heterocycles. The van der Waals surface area contributed by atoms with E-state index in [0.717, 1.165) is 78.7 Å². The van der Waals surface area contributed by atoms with Gasteiger partial charge >= 0.3 is 0 Å². The fourth-order valence-corrected chi connectivity index (χ4v) is 6.12. The van der Waals surface area contributed by atoms with Crippen molar-refractivity contribution in [2.45, 2.75) is 58.1 Å². The minimum atomic E-state index is -0.509. The van der Waals surface area contributed by atoms with E-state index >= 15 is 0 Å². The van der Waals surface area contributed by atoms with Crippen molar-refractivity contribution in [3.05, 3.63) is 35.9 Å². The Morgan fingerprint density at radius 1 is 0.974 bits per heavy atom. The van der Waals surface area contributed by atoms with Crippen LogP contribution in [0.1, 0.15) is 58.1 Å². The summed E-state index contributed by atoms with van der Waals surface area (Å²) in [6, 6.07) is 8.64. The number of hydrogen-bond donors (Lipinski definition) is 0. The number of morpholine rings is 1. The minimum absolute atomic E-state index is 0.201. The SMILES string of the molecule is COC1(c2nc3c(N4CCOCC4)nc(-n4c(C(C)C)nc5ccccc54)nc3n2C)CCCN(C(C)C)C1. The molecule has 39 heavy (non-hydrogen) atoms. The fourth-order valence-electron chi connectivity index (χ4n) is 6.12. The molecule has 0 aliphatic carbocycles. The Balaban J connectivity index is 1.59. The monoisotopic (exact) mass is 532 g/mol. The first kappa shape index (κ1) is 26.2. The van der Waals surface area contributed by atoms with Gasteiger partial charge in [0.25, 0.3) is 0 Å². The van der Waals surface area contributed by atoms with Gasteiger partial charge in [0, 0.05) is 45.8 Å². The highest BCUT2D eigenvalue weighted by molar-refractivity contribution is 5.86. The molecule has 6 rings (SSSR count). The van der Waals surface area contributed by atoms with Gasteiger partial charge in [0.15, 0.2) is 17.0 Å². The van der Waals surface area contributed by atoms with Gasteiger partial charge < -0.3 is 18.9 Å². The second-order valence-electron chi connectivity index (χ2n) is 11.4. The lowest BCUT2D eigenvalue weighted by molar-refractivity contribution is -0.0838. The van der Waals surface area contributed by atoms with E-state index in [-0.39, 0.29) is 5.92 Å². The molecule has 0 N–H and O–H groups in total. The van der Waals surface area contributed by atoms with E-state index in [1.54, 1.807) is 0 Å². The van der Waals surface area contributed by atoms with E-state index in [2.05, 4.69) is 59.7 Å². The Morgan fingerprint density at radius 3 is 2.46 bits per heavy atom. The zero-order chi connectivity index (χ0) is 27.3. The fraction of sp³-hybridized carbons (Fsp3) is 0.586. The number of imidazole rings is 2. The largest absolute Gasteiger partial charge is 0.378 e. The van der Waals surface area contributed by atoms with Gasteiger partial charge in [-0.15, -0.1) is 0 Å². The Hall–Kier alpha value is -3.08. The first-order valence-corrected chi connectivity index (χ1v) is 14.2. The van der Waals surface area contributed by atoms with Gasteiger partial charge in [0.1, 0.15) is 17.2 Å². The van der Waals surface area contributed by atoms with Crippen molar-refractivity contribution in [3.63, 3.8) is 0 Å². The number of anilines is 1. The third kappa shape index (κ3) is 4.38. The van der Waals surface area contributed by atoms with E-state index in [4.69, 9.17) is 29.4 Å². The Kier molecular flexibility index (Phi) is 6.81. The van der Waals surface area contributed by atoms with E-state index in [1.807, 2.05) is 25.3 Å². The molecule has 208 valence electrons. The van der Waals surface area contributed by atoms with Crippen LogP contribution >= 0.6 is 0 Å². The number of rotatable bonds is 6. The third-order valence-electron chi connectivity index (χ3n) is 8.32. The van der Waals surface area contributed by atoms with Crippen LogP contribution in [0.4, 0.5) is 5.82 Å². The molecular weight excluding hydrogens is 492 g/mol. The summed E-state index contributed by atoms with van der Waals surface area (Å²) in [7, 11) is 3.88. The number of para-hydroxylation sites is 2. The predicted molar refractivity (Wildman–Crippen MR) is 153 cm³/mol. The maximum Gasteiger partial charge on any atom is 0.239 e. The number of piperidine rings is 1. The number of likely N-dealkylation sites (tertiary alicyclic amines) is 1. The van der Waals surface area contributed by atoms with Gasteiger partial charge in [-0.05, 0) is 45.4 Å². The van der Waals surface area contributed by atoms with Gasteiger partial charge in [0.05, 0.1) is 24.2 Å². The highest BCUT2D eigenvalue weighted by atomic mass is 16.5. The molecule has 1 aromatic carbocycles. The number of fused-ring (bicyclic) bond motifs is 2. The molecule has 2 saturated heterocycles. The number of methoxy groups -OCH3 is 1. The molecule has 0 spiro atoms. The van der Waals surface area contributed by atoms with Crippen molar-refractivity contribution in [2.75, 3.05) is 51.4 Å². The first-order chi connectivity index (χ1) is 18.8. The number of aromatic nitrogens is 6. The quantitative estimate of drug-likeness (QED) is 0.368. The average molecular weight is 533 g/mol. The summed E-state index contributed by atoms with van der Waals surface area (Å²) in [5.41, 5.74) is 3.06. The van der Waals surface area contributed by atoms with Crippen molar-refractivity contribution in [2.24, 2.45) is 7.05 Å². The number of aryl methyl sites for hydroxylation is 1. The second kappa shape index (κ2) is 10.1. The average Bonchev–Trinajstić information content (AvgIpc) is 3.51. The molecule has 2 aliphatic rings. The summed E-state index contributed by atoms with van der Waals surface area (Å²) in [5, 5.41) is 0. The van der Waals surface area contributed by atoms with Crippen molar-refractivity contribution in [1.82, 2.24) is 34.0 Å². The summed E-state index contributed by atoms with van der Waals surface area (Å²) in [6.07, 6.45) is 1.97. The van der Waals surface area contributed by atoms with Gasteiger partial charge in [-0.2, -0.15) is 9.97 Å². The molecule has 0 radical (unpaired) electrons. The lowest BCUT2D eigenvalue weighted by Gasteiger charge is -2.42. The molecule has 0 amide bonds. The van der Waals surface area contributed by atoms with Crippen LogP contribution in [0.2, 0.25) is 0 Å². The van der Waals surface area contributed by atoms with Crippen molar-refractivity contribution in [1.29, 1.82) is 0 Å². The number of nitrogens with zero attached hydrogens (tertiary/aromatic N) is 8. The maximum atomic E-state index is 6.33. The van der Waals surface area contributed by atoms with Crippen LogP contribution in [0.3, 0.4) is 0 Å². The summed E-state index contributed by atoms with van der Waals surface area (Å²) in [6.45, 7) is 13.5. The first-order valence-electron chi connectivity index (χ1n) is 14.2. The van der Waals surface area contributed by atoms with Crippen molar-refractivity contribution >= 4 is 28.0 Å². The van der Waals surface area contributed by atoms with Gasteiger partial charge in [-0.3, -0.25) is 9.47 Å². The minimum Gasteiger partial charge on any atom is -0.378 e. The summed E-state index contributed by atoms with van der Waals surface area (Å²) in [4.78, 5) is 25.4. The molecule has 3 aromatic heterocycles. The molecule has 2 aliphatic heterocycles. The van der Waals surface area contributed by atoms with Crippen LogP contribution in [0, 0.1) is 0 Å². The number of ether oxygens (including phenoxy) is 2. The molecule has 1 unspecified atom stereocenters. The topological polar surface area (TPSA) is 86.4 Å². The van der Waals surface area contributed by atoms with E-state index in [9.17, 15) is 0 Å². The molecule has 4 aromatic rings. The number of benzene rings is 1. The van der Waals surface area contributed by atoms with Crippen LogP contribution < -0.4 is 4.90 Å². The predicted octanol–water partition coefficient (Wildman–Crippen LogP) is 4.01. The van der Waals surface area contributed by atoms with Crippen LogP contribution in [-0.4, -0.2) is 86.5 Å². The lowest BCUT2D eigenvalue weighted by Crippen LogP contribution is -2.50.